The third kappa shape index (κ3) is 5.08. The summed E-state index contributed by atoms with van der Waals surface area (Å²) in [5.41, 5.74) is 2.30. The standard InChI is InChI=1S/C29H26ClNO6/c1-4-36-23-16-19(12-13-22(23)30)26(32)24-25(18-9-6-8-17(3)14-18)31(28(34)27(24)33)21-11-7-10-20(15-21)29(35)37-5-2/h6-16,25,32H,4-5H2,1-3H3/b26-24+. The summed E-state index contributed by atoms with van der Waals surface area (Å²) in [6.45, 7) is 5.95. The fourth-order valence-electron chi connectivity index (χ4n) is 4.32. The molecule has 7 nitrogen and oxygen atoms in total. The van der Waals surface area contributed by atoms with E-state index in [4.69, 9.17) is 21.1 Å². The highest BCUT2D eigenvalue weighted by molar-refractivity contribution is 6.51. The van der Waals surface area contributed by atoms with E-state index < -0.39 is 23.7 Å². The van der Waals surface area contributed by atoms with Gasteiger partial charge in [0.2, 0.25) is 0 Å². The number of amides is 1. The molecule has 1 atom stereocenters. The van der Waals surface area contributed by atoms with E-state index in [9.17, 15) is 19.5 Å². The minimum atomic E-state index is -0.941. The van der Waals surface area contributed by atoms with Crippen LogP contribution in [0.2, 0.25) is 5.02 Å². The lowest BCUT2D eigenvalue weighted by molar-refractivity contribution is -0.132. The van der Waals surface area contributed by atoms with Crippen molar-refractivity contribution in [2.45, 2.75) is 26.8 Å². The molecule has 3 aromatic rings. The monoisotopic (exact) mass is 519 g/mol. The van der Waals surface area contributed by atoms with Crippen molar-refractivity contribution < 1.29 is 29.0 Å². The maximum atomic E-state index is 13.4. The molecule has 1 aliphatic heterocycles. The zero-order chi connectivity index (χ0) is 26.7. The fraction of sp³-hybridized carbons (Fsp3) is 0.207. The van der Waals surface area contributed by atoms with Crippen LogP contribution in [0.25, 0.3) is 5.76 Å². The number of aliphatic hydroxyl groups is 1. The van der Waals surface area contributed by atoms with Crippen LogP contribution in [0.15, 0.2) is 72.3 Å². The largest absolute Gasteiger partial charge is 0.507 e. The van der Waals surface area contributed by atoms with Gasteiger partial charge in [-0.05, 0) is 62.7 Å². The van der Waals surface area contributed by atoms with Crippen LogP contribution in [0, 0.1) is 6.92 Å². The molecule has 1 aliphatic rings. The Labute approximate surface area is 219 Å². The number of rotatable bonds is 7. The molecular formula is C29H26ClNO6. The average molecular weight is 520 g/mol. The molecule has 4 rings (SSSR count). The Morgan fingerprint density at radius 1 is 0.973 bits per heavy atom. The first-order valence-corrected chi connectivity index (χ1v) is 12.2. The van der Waals surface area contributed by atoms with Gasteiger partial charge in [-0.2, -0.15) is 0 Å². The van der Waals surface area contributed by atoms with Crippen LogP contribution in [0.5, 0.6) is 5.75 Å². The lowest BCUT2D eigenvalue weighted by Crippen LogP contribution is -2.29. The van der Waals surface area contributed by atoms with E-state index in [2.05, 4.69) is 0 Å². The highest BCUT2D eigenvalue weighted by Gasteiger charge is 2.47. The molecule has 37 heavy (non-hydrogen) atoms. The minimum absolute atomic E-state index is 0.0816. The smallest absolute Gasteiger partial charge is 0.338 e. The van der Waals surface area contributed by atoms with Gasteiger partial charge in [0.05, 0.1) is 35.4 Å². The Morgan fingerprint density at radius 2 is 1.73 bits per heavy atom. The Balaban J connectivity index is 1.92. The lowest BCUT2D eigenvalue weighted by Gasteiger charge is -2.26. The van der Waals surface area contributed by atoms with Crippen LogP contribution in [-0.4, -0.2) is 36.0 Å². The van der Waals surface area contributed by atoms with Crippen LogP contribution in [0.1, 0.15) is 46.9 Å². The molecule has 1 saturated heterocycles. The van der Waals surface area contributed by atoms with Gasteiger partial charge in [-0.3, -0.25) is 14.5 Å². The number of Topliss-reactive ketones (excluding diaryl/α,β-unsaturated/α-hetero) is 1. The number of halogens is 1. The molecule has 1 amide bonds. The van der Waals surface area contributed by atoms with Gasteiger partial charge in [-0.25, -0.2) is 4.79 Å². The van der Waals surface area contributed by atoms with Crippen molar-refractivity contribution in [3.63, 3.8) is 0 Å². The van der Waals surface area contributed by atoms with Crippen molar-refractivity contribution >= 4 is 40.7 Å². The molecule has 0 aromatic heterocycles. The number of hydrogen-bond donors (Lipinski definition) is 1. The molecule has 1 unspecified atom stereocenters. The number of aryl methyl sites for hydroxylation is 1. The molecule has 0 bridgehead atoms. The van der Waals surface area contributed by atoms with Gasteiger partial charge < -0.3 is 14.6 Å². The van der Waals surface area contributed by atoms with Crippen molar-refractivity contribution in [1.82, 2.24) is 0 Å². The number of carbonyl (C=O) groups is 3. The topological polar surface area (TPSA) is 93.1 Å². The molecule has 3 aromatic carbocycles. The van der Waals surface area contributed by atoms with E-state index in [0.29, 0.717) is 28.6 Å². The quantitative estimate of drug-likeness (QED) is 0.182. The number of ether oxygens (including phenoxy) is 2. The van der Waals surface area contributed by atoms with Crippen molar-refractivity contribution in [2.24, 2.45) is 0 Å². The number of ketones is 1. The van der Waals surface area contributed by atoms with Crippen molar-refractivity contribution in [1.29, 1.82) is 0 Å². The third-order valence-electron chi connectivity index (χ3n) is 5.94. The van der Waals surface area contributed by atoms with Crippen LogP contribution < -0.4 is 9.64 Å². The average Bonchev–Trinajstić information content (AvgIpc) is 3.15. The van der Waals surface area contributed by atoms with Gasteiger partial charge in [0.1, 0.15) is 11.5 Å². The molecule has 1 heterocycles. The summed E-state index contributed by atoms with van der Waals surface area (Å²) in [4.78, 5) is 40.5. The van der Waals surface area contributed by atoms with E-state index in [1.165, 1.54) is 17.0 Å². The second-order valence-corrected chi connectivity index (χ2v) is 8.84. The van der Waals surface area contributed by atoms with Crippen molar-refractivity contribution in [3.8, 4) is 5.75 Å². The van der Waals surface area contributed by atoms with E-state index in [1.54, 1.807) is 50.2 Å². The van der Waals surface area contributed by atoms with Crippen LogP contribution in [0.4, 0.5) is 5.69 Å². The summed E-state index contributed by atoms with van der Waals surface area (Å²) in [5.74, 6) is -2.23. The van der Waals surface area contributed by atoms with Crippen LogP contribution in [-0.2, 0) is 14.3 Å². The maximum Gasteiger partial charge on any atom is 0.338 e. The number of aliphatic hydroxyl groups excluding tert-OH is 1. The Morgan fingerprint density at radius 3 is 2.43 bits per heavy atom. The highest BCUT2D eigenvalue weighted by Crippen LogP contribution is 2.43. The van der Waals surface area contributed by atoms with E-state index in [-0.39, 0.29) is 29.1 Å². The van der Waals surface area contributed by atoms with Crippen LogP contribution >= 0.6 is 11.6 Å². The zero-order valence-electron chi connectivity index (χ0n) is 20.7. The summed E-state index contributed by atoms with van der Waals surface area (Å²) < 4.78 is 10.6. The molecule has 0 spiro atoms. The molecule has 1 N–H and O–H groups in total. The highest BCUT2D eigenvalue weighted by atomic mass is 35.5. The SMILES string of the molecule is CCOC(=O)c1cccc(N2C(=O)C(=O)/C(=C(/O)c3ccc(Cl)c(OCC)c3)C2c2cccc(C)c2)c1. The Hall–Kier alpha value is -4.10. The number of nitrogens with zero attached hydrogens (tertiary/aromatic N) is 1. The van der Waals surface area contributed by atoms with E-state index in [1.807, 2.05) is 25.1 Å². The van der Waals surface area contributed by atoms with Gasteiger partial charge >= 0.3 is 5.97 Å². The van der Waals surface area contributed by atoms with Gasteiger partial charge in [-0.15, -0.1) is 0 Å². The molecular weight excluding hydrogens is 494 g/mol. The van der Waals surface area contributed by atoms with Gasteiger partial charge in [0, 0.05) is 11.3 Å². The molecule has 0 aliphatic carbocycles. The van der Waals surface area contributed by atoms with Gasteiger partial charge in [-0.1, -0.05) is 47.5 Å². The summed E-state index contributed by atoms with van der Waals surface area (Å²) in [5, 5.41) is 11.7. The predicted octanol–water partition coefficient (Wildman–Crippen LogP) is 5.85. The van der Waals surface area contributed by atoms with Crippen molar-refractivity contribution in [3.05, 3.63) is 99.6 Å². The number of hydrogen-bond acceptors (Lipinski definition) is 6. The third-order valence-corrected chi connectivity index (χ3v) is 6.25. The summed E-state index contributed by atoms with van der Waals surface area (Å²) >= 11 is 6.21. The number of esters is 1. The maximum absolute atomic E-state index is 13.4. The lowest BCUT2D eigenvalue weighted by atomic mass is 9.94. The first-order valence-electron chi connectivity index (χ1n) is 11.8. The molecule has 0 saturated carbocycles. The molecule has 0 radical (unpaired) electrons. The predicted molar refractivity (Wildman–Crippen MR) is 141 cm³/mol. The molecule has 190 valence electrons. The summed E-state index contributed by atoms with van der Waals surface area (Å²) in [7, 11) is 0. The van der Waals surface area contributed by atoms with Crippen molar-refractivity contribution in [2.75, 3.05) is 18.1 Å². The molecule has 1 fully saturated rings. The normalized spacial score (nSPS) is 16.6. The Bertz CT molecular complexity index is 1410. The first-order chi connectivity index (χ1) is 17.8. The zero-order valence-corrected chi connectivity index (χ0v) is 21.4. The first kappa shape index (κ1) is 26.0. The molecule has 8 heteroatoms. The van der Waals surface area contributed by atoms with Gasteiger partial charge in [0.15, 0.2) is 0 Å². The minimum Gasteiger partial charge on any atom is -0.507 e. The second kappa shape index (κ2) is 10.9. The fourth-order valence-corrected chi connectivity index (χ4v) is 4.50. The van der Waals surface area contributed by atoms with E-state index >= 15 is 0 Å². The Kier molecular flexibility index (Phi) is 7.64. The van der Waals surface area contributed by atoms with E-state index in [0.717, 1.165) is 5.56 Å². The number of benzene rings is 3. The summed E-state index contributed by atoms with van der Waals surface area (Å²) in [6.07, 6.45) is 0. The second-order valence-electron chi connectivity index (χ2n) is 8.43. The number of carbonyl (C=O) groups excluding carboxylic acids is 3. The van der Waals surface area contributed by atoms with Gasteiger partial charge in [0.25, 0.3) is 11.7 Å². The van der Waals surface area contributed by atoms with Crippen LogP contribution in [0.3, 0.4) is 0 Å². The number of anilines is 1. The summed E-state index contributed by atoms with van der Waals surface area (Å²) in [6, 6.07) is 17.4.